The van der Waals surface area contributed by atoms with Gasteiger partial charge in [0.15, 0.2) is 0 Å². The third kappa shape index (κ3) is 4.96. The van der Waals surface area contributed by atoms with Crippen molar-refractivity contribution < 1.29 is 14.3 Å². The number of para-hydroxylation sites is 1. The van der Waals surface area contributed by atoms with Crippen molar-refractivity contribution >= 4 is 11.8 Å². The van der Waals surface area contributed by atoms with Gasteiger partial charge in [-0.2, -0.15) is 0 Å². The fourth-order valence-corrected chi connectivity index (χ4v) is 2.83. The van der Waals surface area contributed by atoms with E-state index >= 15 is 0 Å². The first-order valence-corrected chi connectivity index (χ1v) is 8.35. The van der Waals surface area contributed by atoms with Crippen molar-refractivity contribution in [3.05, 3.63) is 29.8 Å². The van der Waals surface area contributed by atoms with Gasteiger partial charge in [0.2, 0.25) is 11.8 Å². The number of methoxy groups -OCH3 is 1. The molecule has 132 valence electrons. The zero-order valence-corrected chi connectivity index (χ0v) is 14.8. The molecule has 0 bridgehead atoms. The van der Waals surface area contributed by atoms with Crippen molar-refractivity contribution in [3.8, 4) is 5.75 Å². The topological polar surface area (TPSA) is 53.1 Å². The van der Waals surface area contributed by atoms with Gasteiger partial charge in [-0.15, -0.1) is 0 Å². The number of ether oxygens (including phenoxy) is 1. The molecule has 1 aliphatic rings. The van der Waals surface area contributed by atoms with Crippen LogP contribution >= 0.6 is 0 Å². The Hall–Kier alpha value is -2.08. The molecule has 1 aliphatic heterocycles. The van der Waals surface area contributed by atoms with E-state index in [0.717, 1.165) is 37.5 Å². The molecule has 0 aromatic heterocycles. The minimum Gasteiger partial charge on any atom is -0.496 e. The molecule has 1 saturated heterocycles. The molecule has 0 unspecified atom stereocenters. The zero-order chi connectivity index (χ0) is 17.5. The van der Waals surface area contributed by atoms with Gasteiger partial charge in [0.25, 0.3) is 0 Å². The molecule has 0 saturated carbocycles. The molecule has 2 amide bonds. The molecule has 24 heavy (non-hydrogen) atoms. The molecular weight excluding hydrogens is 306 g/mol. The normalized spacial score (nSPS) is 15.2. The van der Waals surface area contributed by atoms with Crippen LogP contribution in [0.3, 0.4) is 0 Å². The predicted molar refractivity (Wildman–Crippen MR) is 93.0 cm³/mol. The van der Waals surface area contributed by atoms with Crippen LogP contribution in [0.1, 0.15) is 12.5 Å². The maximum absolute atomic E-state index is 12.4. The van der Waals surface area contributed by atoms with Crippen LogP contribution in [0, 0.1) is 0 Å². The Kier molecular flexibility index (Phi) is 6.61. The Balaban J connectivity index is 1.92. The number of amides is 2. The highest BCUT2D eigenvalue weighted by Gasteiger charge is 2.22. The lowest BCUT2D eigenvalue weighted by Gasteiger charge is -2.33. The minimum absolute atomic E-state index is 0.0262. The van der Waals surface area contributed by atoms with Gasteiger partial charge in [0.05, 0.1) is 13.7 Å². The number of likely N-dealkylation sites (N-methyl/N-ethyl adjacent to an activating group) is 1. The number of benzene rings is 1. The highest BCUT2D eigenvalue weighted by atomic mass is 16.5. The first kappa shape index (κ1) is 18.3. The van der Waals surface area contributed by atoms with Gasteiger partial charge in [-0.05, 0) is 25.1 Å². The summed E-state index contributed by atoms with van der Waals surface area (Å²) in [5, 5.41) is 0. The summed E-state index contributed by atoms with van der Waals surface area (Å²) in [6.45, 7) is 5.39. The highest BCUT2D eigenvalue weighted by molar-refractivity contribution is 5.84. The second-order valence-corrected chi connectivity index (χ2v) is 6.19. The van der Waals surface area contributed by atoms with E-state index in [1.165, 1.54) is 6.92 Å². The summed E-state index contributed by atoms with van der Waals surface area (Å²) in [6.07, 6.45) is 0.666. The summed E-state index contributed by atoms with van der Waals surface area (Å²) in [7, 11) is 3.69. The minimum atomic E-state index is -0.0765. The van der Waals surface area contributed by atoms with Crippen LogP contribution in [0.5, 0.6) is 5.75 Å². The van der Waals surface area contributed by atoms with E-state index in [1.807, 2.05) is 29.2 Å². The summed E-state index contributed by atoms with van der Waals surface area (Å²) < 4.78 is 5.34. The van der Waals surface area contributed by atoms with Crippen LogP contribution in [0.25, 0.3) is 0 Å². The first-order chi connectivity index (χ1) is 11.5. The van der Waals surface area contributed by atoms with Crippen LogP contribution in [0.2, 0.25) is 0 Å². The molecule has 1 fully saturated rings. The molecule has 0 spiro atoms. The van der Waals surface area contributed by atoms with E-state index in [4.69, 9.17) is 4.74 Å². The Morgan fingerprint density at radius 3 is 2.46 bits per heavy atom. The number of rotatable bonds is 6. The number of piperazine rings is 1. The van der Waals surface area contributed by atoms with Crippen LogP contribution in [0.15, 0.2) is 24.3 Å². The van der Waals surface area contributed by atoms with E-state index < -0.39 is 0 Å². The maximum atomic E-state index is 12.4. The number of hydrogen-bond acceptors (Lipinski definition) is 4. The number of carbonyl (C=O) groups excluding carboxylic acids is 2. The van der Waals surface area contributed by atoms with E-state index in [1.54, 1.807) is 12.0 Å². The summed E-state index contributed by atoms with van der Waals surface area (Å²) in [5.41, 5.74) is 1.04. The Bertz CT molecular complexity index is 568. The highest BCUT2D eigenvalue weighted by Crippen LogP contribution is 2.18. The van der Waals surface area contributed by atoms with Crippen LogP contribution in [0.4, 0.5) is 0 Å². The molecule has 0 atom stereocenters. The molecule has 0 radical (unpaired) electrons. The van der Waals surface area contributed by atoms with E-state index in [9.17, 15) is 9.59 Å². The molecule has 6 heteroatoms. The average molecular weight is 333 g/mol. The second kappa shape index (κ2) is 8.68. The van der Waals surface area contributed by atoms with Crippen molar-refractivity contribution in [2.45, 2.75) is 13.3 Å². The van der Waals surface area contributed by atoms with Crippen molar-refractivity contribution in [2.24, 2.45) is 0 Å². The Morgan fingerprint density at radius 1 is 1.17 bits per heavy atom. The summed E-state index contributed by atoms with van der Waals surface area (Å²) >= 11 is 0. The van der Waals surface area contributed by atoms with Crippen LogP contribution < -0.4 is 4.74 Å². The van der Waals surface area contributed by atoms with Gasteiger partial charge in [0.1, 0.15) is 5.75 Å². The zero-order valence-electron chi connectivity index (χ0n) is 14.8. The molecule has 2 rings (SSSR count). The fraction of sp³-hybridized carbons (Fsp3) is 0.556. The Morgan fingerprint density at radius 2 is 1.83 bits per heavy atom. The van der Waals surface area contributed by atoms with Crippen molar-refractivity contribution in [1.29, 1.82) is 0 Å². The van der Waals surface area contributed by atoms with Gasteiger partial charge in [-0.3, -0.25) is 9.59 Å². The van der Waals surface area contributed by atoms with E-state index in [2.05, 4.69) is 11.9 Å². The lowest BCUT2D eigenvalue weighted by atomic mass is 10.1. The molecular formula is C18H27N3O3. The number of carbonyl (C=O) groups is 2. The third-order valence-corrected chi connectivity index (χ3v) is 4.47. The molecule has 1 aromatic carbocycles. The average Bonchev–Trinajstić information content (AvgIpc) is 2.59. The largest absolute Gasteiger partial charge is 0.496 e. The molecule has 0 N–H and O–H groups in total. The van der Waals surface area contributed by atoms with Gasteiger partial charge in [0, 0.05) is 39.6 Å². The van der Waals surface area contributed by atoms with Gasteiger partial charge in [-0.25, -0.2) is 0 Å². The van der Waals surface area contributed by atoms with Crippen LogP contribution in [-0.2, 0) is 16.0 Å². The molecule has 1 heterocycles. The molecule has 0 aliphatic carbocycles. The van der Waals surface area contributed by atoms with E-state index in [0.29, 0.717) is 13.0 Å². The predicted octanol–water partition coefficient (Wildman–Crippen LogP) is 0.860. The molecule has 6 nitrogen and oxygen atoms in total. The smallest absolute Gasteiger partial charge is 0.242 e. The first-order valence-electron chi connectivity index (χ1n) is 8.35. The van der Waals surface area contributed by atoms with Gasteiger partial charge in [-0.1, -0.05) is 18.2 Å². The summed E-state index contributed by atoms with van der Waals surface area (Å²) in [5.74, 6) is 0.761. The SMILES string of the molecule is COc1ccccc1CCN(CC(=O)N1CCN(C)CC1)C(C)=O. The van der Waals surface area contributed by atoms with Crippen molar-refractivity contribution in [3.63, 3.8) is 0 Å². The van der Waals surface area contributed by atoms with Crippen molar-refractivity contribution in [1.82, 2.24) is 14.7 Å². The lowest BCUT2D eigenvalue weighted by molar-refractivity contribution is -0.140. The summed E-state index contributed by atoms with van der Waals surface area (Å²) in [6, 6.07) is 7.76. The van der Waals surface area contributed by atoms with E-state index in [-0.39, 0.29) is 18.4 Å². The maximum Gasteiger partial charge on any atom is 0.242 e. The third-order valence-electron chi connectivity index (χ3n) is 4.47. The second-order valence-electron chi connectivity index (χ2n) is 6.19. The van der Waals surface area contributed by atoms with Gasteiger partial charge >= 0.3 is 0 Å². The summed E-state index contributed by atoms with van der Waals surface area (Å²) in [4.78, 5) is 30.0. The number of hydrogen-bond donors (Lipinski definition) is 0. The van der Waals surface area contributed by atoms with Gasteiger partial charge < -0.3 is 19.4 Å². The van der Waals surface area contributed by atoms with Crippen LogP contribution in [-0.4, -0.2) is 79.9 Å². The van der Waals surface area contributed by atoms with Crippen molar-refractivity contribution in [2.75, 3.05) is 53.4 Å². The quantitative estimate of drug-likeness (QED) is 0.775. The number of nitrogens with zero attached hydrogens (tertiary/aromatic N) is 3. The standard InChI is InChI=1S/C18H27N3O3/c1-15(22)21(9-8-16-6-4-5-7-17(16)24-3)14-18(23)20-12-10-19(2)11-13-20/h4-7H,8-14H2,1-3H3. The Labute approximate surface area is 144 Å². The monoisotopic (exact) mass is 333 g/mol. The molecule has 1 aromatic rings. The fourth-order valence-electron chi connectivity index (χ4n) is 2.83. The lowest BCUT2D eigenvalue weighted by Crippen LogP contribution is -2.50.